The minimum Gasteiger partial charge on any atom is -0.454 e. The number of hydrogen-bond donors (Lipinski definition) is 2. The third-order valence-corrected chi connectivity index (χ3v) is 3.82. The number of carbonyl (C=O) groups is 3. The monoisotopic (exact) mass is 450 g/mol. The number of anilines is 1. The molecular formula is C18H12ClF5N2O4. The molecule has 0 heterocycles. The summed E-state index contributed by atoms with van der Waals surface area (Å²) in [5, 5.41) is 3.55. The van der Waals surface area contributed by atoms with E-state index in [1.807, 2.05) is 5.32 Å². The zero-order valence-electron chi connectivity index (χ0n) is 14.8. The topological polar surface area (TPSA) is 84.5 Å². The van der Waals surface area contributed by atoms with Crippen molar-refractivity contribution in [3.05, 3.63) is 64.2 Å². The van der Waals surface area contributed by atoms with Crippen molar-refractivity contribution in [2.45, 2.75) is 6.18 Å². The Bertz CT molecular complexity index is 982. The summed E-state index contributed by atoms with van der Waals surface area (Å²) in [4.78, 5) is 35.0. The lowest BCUT2D eigenvalue weighted by Crippen LogP contribution is -2.32. The van der Waals surface area contributed by atoms with E-state index in [-0.39, 0.29) is 5.69 Å². The molecule has 0 saturated heterocycles. The zero-order valence-corrected chi connectivity index (χ0v) is 15.5. The van der Waals surface area contributed by atoms with Crippen molar-refractivity contribution in [3.63, 3.8) is 0 Å². The van der Waals surface area contributed by atoms with Gasteiger partial charge in [0, 0.05) is 11.8 Å². The maximum Gasteiger partial charge on any atom is 0.417 e. The first-order valence-corrected chi connectivity index (χ1v) is 8.40. The van der Waals surface area contributed by atoms with Crippen LogP contribution < -0.4 is 10.6 Å². The molecule has 0 atom stereocenters. The Balaban J connectivity index is 1.83. The van der Waals surface area contributed by atoms with Gasteiger partial charge in [0.05, 0.1) is 16.1 Å². The summed E-state index contributed by atoms with van der Waals surface area (Å²) in [6.45, 7) is -1.59. The highest BCUT2D eigenvalue weighted by Gasteiger charge is 2.33. The molecule has 0 aliphatic carbocycles. The molecular weight excluding hydrogens is 439 g/mol. The van der Waals surface area contributed by atoms with E-state index >= 15 is 0 Å². The summed E-state index contributed by atoms with van der Waals surface area (Å²) >= 11 is 5.46. The van der Waals surface area contributed by atoms with E-state index in [9.17, 15) is 36.3 Å². The molecule has 6 nitrogen and oxygen atoms in total. The molecule has 0 radical (unpaired) electrons. The maximum absolute atomic E-state index is 13.5. The van der Waals surface area contributed by atoms with Crippen LogP contribution in [0.2, 0.25) is 5.02 Å². The molecule has 0 aliphatic rings. The fraction of sp³-hybridized carbons (Fsp3) is 0.167. The van der Waals surface area contributed by atoms with Gasteiger partial charge in [-0.25, -0.2) is 8.78 Å². The second-order valence-corrected chi connectivity index (χ2v) is 6.12. The van der Waals surface area contributed by atoms with E-state index in [2.05, 4.69) is 10.1 Å². The van der Waals surface area contributed by atoms with Crippen molar-refractivity contribution in [1.82, 2.24) is 5.32 Å². The van der Waals surface area contributed by atoms with Gasteiger partial charge in [-0.1, -0.05) is 11.6 Å². The number of esters is 1. The minimum atomic E-state index is -4.73. The lowest BCUT2D eigenvalue weighted by atomic mass is 10.2. The van der Waals surface area contributed by atoms with Crippen molar-refractivity contribution in [2.75, 3.05) is 18.5 Å². The van der Waals surface area contributed by atoms with E-state index < -0.39 is 64.9 Å². The summed E-state index contributed by atoms with van der Waals surface area (Å²) in [5.74, 6) is -5.07. The first-order valence-electron chi connectivity index (χ1n) is 8.03. The molecule has 0 bridgehead atoms. The minimum absolute atomic E-state index is 0.229. The Hall–Kier alpha value is -3.21. The van der Waals surface area contributed by atoms with E-state index in [0.717, 1.165) is 24.3 Å². The van der Waals surface area contributed by atoms with Gasteiger partial charge < -0.3 is 15.4 Å². The van der Waals surface area contributed by atoms with Crippen LogP contribution >= 0.6 is 11.6 Å². The molecule has 0 saturated carbocycles. The number of halogens is 6. The van der Waals surface area contributed by atoms with Crippen LogP contribution in [0.4, 0.5) is 27.6 Å². The molecule has 2 amide bonds. The molecule has 2 N–H and O–H groups in total. The quantitative estimate of drug-likeness (QED) is 0.521. The lowest BCUT2D eigenvalue weighted by Gasteiger charge is -2.12. The summed E-state index contributed by atoms with van der Waals surface area (Å²) in [6, 6.07) is 4.88. The first-order chi connectivity index (χ1) is 14.0. The Morgan fingerprint density at radius 1 is 1.03 bits per heavy atom. The smallest absolute Gasteiger partial charge is 0.417 e. The van der Waals surface area contributed by atoms with E-state index in [4.69, 9.17) is 11.6 Å². The molecule has 30 heavy (non-hydrogen) atoms. The van der Waals surface area contributed by atoms with Crippen LogP contribution in [0, 0.1) is 11.6 Å². The van der Waals surface area contributed by atoms with E-state index in [0.29, 0.717) is 12.1 Å². The van der Waals surface area contributed by atoms with Gasteiger partial charge in [-0.2, -0.15) is 13.2 Å². The first kappa shape index (κ1) is 23.1. The predicted molar refractivity (Wildman–Crippen MR) is 94.7 cm³/mol. The number of nitrogens with one attached hydrogen (secondary N) is 2. The fourth-order valence-electron chi connectivity index (χ4n) is 2.14. The van der Waals surface area contributed by atoms with Crippen molar-refractivity contribution >= 4 is 35.1 Å². The summed E-state index contributed by atoms with van der Waals surface area (Å²) in [7, 11) is 0. The van der Waals surface area contributed by atoms with E-state index in [1.54, 1.807) is 0 Å². The van der Waals surface area contributed by atoms with Crippen LogP contribution in [-0.2, 0) is 20.5 Å². The number of hydrogen-bond acceptors (Lipinski definition) is 4. The van der Waals surface area contributed by atoms with Crippen LogP contribution in [0.15, 0.2) is 36.4 Å². The van der Waals surface area contributed by atoms with Gasteiger partial charge in [0.1, 0.15) is 18.2 Å². The third kappa shape index (κ3) is 6.41. The maximum atomic E-state index is 13.5. The Morgan fingerprint density at radius 2 is 1.73 bits per heavy atom. The summed E-state index contributed by atoms with van der Waals surface area (Å²) in [6.07, 6.45) is -4.73. The highest BCUT2D eigenvalue weighted by atomic mass is 35.5. The van der Waals surface area contributed by atoms with Gasteiger partial charge in [0.2, 0.25) is 0 Å². The van der Waals surface area contributed by atoms with Gasteiger partial charge in [-0.15, -0.1) is 0 Å². The summed E-state index contributed by atoms with van der Waals surface area (Å²) < 4.78 is 69.2. The van der Waals surface area contributed by atoms with Crippen LogP contribution in [-0.4, -0.2) is 30.9 Å². The number of carbonyl (C=O) groups excluding carboxylic acids is 3. The van der Waals surface area contributed by atoms with Crippen LogP contribution in [0.3, 0.4) is 0 Å². The standard InChI is InChI=1S/C18H12ClF5N2O4/c19-13-4-2-10(6-12(13)18(22,23)24)26-15(27)8-30-16(28)7-25-17(29)11-3-1-9(20)5-14(11)21/h1-6H,7-8H2,(H,25,29)(H,26,27). The summed E-state index contributed by atoms with van der Waals surface area (Å²) in [5.41, 5.74) is -1.90. The SMILES string of the molecule is O=C(COC(=O)CNC(=O)c1ccc(F)cc1F)Nc1ccc(Cl)c(C(F)(F)F)c1. The molecule has 12 heteroatoms. The van der Waals surface area contributed by atoms with Crippen molar-refractivity contribution in [1.29, 1.82) is 0 Å². The van der Waals surface area contributed by atoms with Crippen LogP contribution in [0.5, 0.6) is 0 Å². The molecule has 2 aromatic rings. The average molecular weight is 451 g/mol. The molecule has 160 valence electrons. The molecule has 0 fully saturated rings. The normalized spacial score (nSPS) is 11.0. The van der Waals surface area contributed by atoms with Crippen molar-refractivity contribution in [2.24, 2.45) is 0 Å². The average Bonchev–Trinajstić information content (AvgIpc) is 2.65. The van der Waals surface area contributed by atoms with Gasteiger partial charge in [0.15, 0.2) is 6.61 Å². The third-order valence-electron chi connectivity index (χ3n) is 3.49. The number of rotatable bonds is 6. The molecule has 0 unspecified atom stereocenters. The Kier molecular flexibility index (Phi) is 7.33. The highest BCUT2D eigenvalue weighted by Crippen LogP contribution is 2.36. The fourth-order valence-corrected chi connectivity index (χ4v) is 2.36. The van der Waals surface area contributed by atoms with Gasteiger partial charge in [0.25, 0.3) is 11.8 Å². The highest BCUT2D eigenvalue weighted by molar-refractivity contribution is 6.31. The van der Waals surface area contributed by atoms with Gasteiger partial charge in [-0.05, 0) is 30.3 Å². The van der Waals surface area contributed by atoms with Gasteiger partial charge >= 0.3 is 12.1 Å². The van der Waals surface area contributed by atoms with Crippen LogP contribution in [0.1, 0.15) is 15.9 Å². The van der Waals surface area contributed by atoms with Crippen LogP contribution in [0.25, 0.3) is 0 Å². The Labute approximate surface area is 171 Å². The second-order valence-electron chi connectivity index (χ2n) is 5.71. The molecule has 0 aromatic heterocycles. The van der Waals surface area contributed by atoms with Crippen molar-refractivity contribution < 1.29 is 41.1 Å². The Morgan fingerprint density at radius 3 is 2.37 bits per heavy atom. The number of amides is 2. The zero-order chi connectivity index (χ0) is 22.5. The number of alkyl halides is 3. The predicted octanol–water partition coefficient (Wildman–Crippen LogP) is 3.55. The number of ether oxygens (including phenoxy) is 1. The lowest BCUT2D eigenvalue weighted by molar-refractivity contribution is -0.146. The van der Waals surface area contributed by atoms with Crippen molar-refractivity contribution in [3.8, 4) is 0 Å². The molecule has 0 spiro atoms. The number of benzene rings is 2. The van der Waals surface area contributed by atoms with Gasteiger partial charge in [-0.3, -0.25) is 14.4 Å². The molecule has 0 aliphatic heterocycles. The second kappa shape index (κ2) is 9.53. The molecule has 2 rings (SSSR count). The largest absolute Gasteiger partial charge is 0.454 e. The molecule has 2 aromatic carbocycles. The van der Waals surface area contributed by atoms with E-state index in [1.165, 1.54) is 0 Å².